The van der Waals surface area contributed by atoms with E-state index in [2.05, 4.69) is 21.2 Å². The highest BCUT2D eigenvalue weighted by Crippen LogP contribution is 2.31. The molecule has 2 aliphatic rings. The Bertz CT molecular complexity index is 1450. The quantitative estimate of drug-likeness (QED) is 0.307. The fraction of sp³-hybridized carbons (Fsp3) is 0.417. The van der Waals surface area contributed by atoms with Crippen LogP contribution in [0, 0.1) is 17.2 Å². The maximum absolute atomic E-state index is 13.8. The summed E-state index contributed by atoms with van der Waals surface area (Å²) in [5.74, 6) is 1.52. The number of hydrogen-bond donors (Lipinski definition) is 1. The van der Waals surface area contributed by atoms with Gasteiger partial charge in [-0.2, -0.15) is 5.26 Å². The van der Waals surface area contributed by atoms with Crippen molar-refractivity contribution >= 4 is 11.8 Å². The zero-order valence-corrected chi connectivity index (χ0v) is 25.8. The smallest absolute Gasteiger partial charge is 0.251 e. The third-order valence-electron chi connectivity index (χ3n) is 8.94. The molecule has 0 radical (unpaired) electrons. The van der Waals surface area contributed by atoms with Crippen LogP contribution in [0.4, 0.5) is 0 Å². The molecule has 8 nitrogen and oxygen atoms in total. The molecule has 230 valence electrons. The lowest BCUT2D eigenvalue weighted by Gasteiger charge is -2.40. The number of likely N-dealkylation sites (tertiary alicyclic amines) is 1. The second kappa shape index (κ2) is 14.9. The number of carbonyl (C=O) groups is 2. The molecule has 0 atom stereocenters. The summed E-state index contributed by atoms with van der Waals surface area (Å²) in [7, 11) is 3.18. The summed E-state index contributed by atoms with van der Waals surface area (Å²) >= 11 is 0. The number of nitrogens with zero attached hydrogens (tertiary/aromatic N) is 3. The molecule has 0 bridgehead atoms. The molecule has 44 heavy (non-hydrogen) atoms. The number of carbonyl (C=O) groups excluding carboxylic acids is 2. The van der Waals surface area contributed by atoms with Crippen LogP contribution in [0.25, 0.3) is 0 Å². The van der Waals surface area contributed by atoms with Gasteiger partial charge in [0.05, 0.1) is 25.9 Å². The van der Waals surface area contributed by atoms with Gasteiger partial charge >= 0.3 is 0 Å². The van der Waals surface area contributed by atoms with E-state index >= 15 is 0 Å². The Morgan fingerprint density at radius 1 is 0.864 bits per heavy atom. The number of nitriles is 1. The second-order valence-electron chi connectivity index (χ2n) is 11.8. The lowest BCUT2D eigenvalue weighted by molar-refractivity contribution is -0.139. The molecule has 0 aromatic heterocycles. The zero-order chi connectivity index (χ0) is 30.9. The summed E-state index contributed by atoms with van der Waals surface area (Å²) in [6.45, 7) is 3.64. The third-order valence-corrected chi connectivity index (χ3v) is 8.94. The van der Waals surface area contributed by atoms with E-state index in [0.717, 1.165) is 69.3 Å². The molecule has 1 heterocycles. The first-order valence-corrected chi connectivity index (χ1v) is 15.6. The number of nitrogens with one attached hydrogen (secondary N) is 1. The van der Waals surface area contributed by atoms with E-state index in [4.69, 9.17) is 14.7 Å². The Kier molecular flexibility index (Phi) is 10.5. The van der Waals surface area contributed by atoms with Crippen molar-refractivity contribution in [1.82, 2.24) is 15.1 Å². The lowest BCUT2D eigenvalue weighted by Crippen LogP contribution is -2.48. The fourth-order valence-corrected chi connectivity index (χ4v) is 6.36. The van der Waals surface area contributed by atoms with Gasteiger partial charge in [0.2, 0.25) is 5.91 Å². The largest absolute Gasteiger partial charge is 0.493 e. The van der Waals surface area contributed by atoms with E-state index in [1.807, 2.05) is 66.7 Å². The van der Waals surface area contributed by atoms with Gasteiger partial charge < -0.3 is 19.7 Å². The number of amides is 2. The van der Waals surface area contributed by atoms with Gasteiger partial charge in [0, 0.05) is 50.2 Å². The van der Waals surface area contributed by atoms with E-state index < -0.39 is 0 Å². The molecular weight excluding hydrogens is 552 g/mol. The van der Waals surface area contributed by atoms with E-state index in [9.17, 15) is 9.59 Å². The summed E-state index contributed by atoms with van der Waals surface area (Å²) in [6.07, 6.45) is 6.08. The van der Waals surface area contributed by atoms with Crippen molar-refractivity contribution in [2.45, 2.75) is 64.2 Å². The molecule has 5 rings (SSSR count). The Labute approximate surface area is 260 Å². The molecule has 8 heteroatoms. The summed E-state index contributed by atoms with van der Waals surface area (Å²) in [5, 5.41) is 12.1. The number of rotatable bonds is 11. The SMILES string of the molecule is COc1ccc(CNC(=O)c2ccc(CN(C(=O)C3CCCC3)C3CCN(Cc4ccc(C#N)cc4)CC3)cc2)cc1OC. The summed E-state index contributed by atoms with van der Waals surface area (Å²) in [6, 6.07) is 23.4. The highest BCUT2D eigenvalue weighted by Gasteiger charge is 2.33. The van der Waals surface area contributed by atoms with Gasteiger partial charge in [0.1, 0.15) is 0 Å². The number of benzene rings is 3. The average molecular weight is 595 g/mol. The first-order valence-electron chi connectivity index (χ1n) is 15.6. The van der Waals surface area contributed by atoms with Crippen LogP contribution < -0.4 is 14.8 Å². The monoisotopic (exact) mass is 594 g/mol. The molecule has 3 aromatic carbocycles. The van der Waals surface area contributed by atoms with Crippen LogP contribution in [0.15, 0.2) is 66.7 Å². The fourth-order valence-electron chi connectivity index (χ4n) is 6.36. The Morgan fingerprint density at radius 2 is 1.50 bits per heavy atom. The zero-order valence-electron chi connectivity index (χ0n) is 25.8. The van der Waals surface area contributed by atoms with Crippen LogP contribution in [-0.4, -0.2) is 55.0 Å². The molecule has 3 aromatic rings. The maximum Gasteiger partial charge on any atom is 0.251 e. The van der Waals surface area contributed by atoms with Crippen LogP contribution >= 0.6 is 0 Å². The van der Waals surface area contributed by atoms with Crippen LogP contribution in [0.5, 0.6) is 11.5 Å². The van der Waals surface area contributed by atoms with Gasteiger partial charge in [0.25, 0.3) is 5.91 Å². The molecule has 2 fully saturated rings. The standard InChI is InChI=1S/C36H42N4O4/c1-43-33-16-13-29(21-34(33)44-2)23-38-35(41)30-14-11-28(12-15-30)25-40(36(42)31-5-3-4-6-31)32-17-19-39(20-18-32)24-27-9-7-26(22-37)8-10-27/h7-16,21,31-32H,3-6,17-20,23-25H2,1-2H3,(H,38,41). The number of ether oxygens (including phenoxy) is 2. The molecule has 0 spiro atoms. The highest BCUT2D eigenvalue weighted by atomic mass is 16.5. The minimum Gasteiger partial charge on any atom is -0.493 e. The van der Waals surface area contributed by atoms with Crippen LogP contribution in [0.2, 0.25) is 0 Å². The molecule has 1 saturated carbocycles. The van der Waals surface area contributed by atoms with Crippen molar-refractivity contribution < 1.29 is 19.1 Å². The Morgan fingerprint density at radius 3 is 2.14 bits per heavy atom. The topological polar surface area (TPSA) is 94.9 Å². The number of methoxy groups -OCH3 is 2. The van der Waals surface area contributed by atoms with Gasteiger partial charge in [-0.25, -0.2) is 0 Å². The predicted octanol–water partition coefficient (Wildman–Crippen LogP) is 5.69. The van der Waals surface area contributed by atoms with E-state index in [0.29, 0.717) is 35.7 Å². The van der Waals surface area contributed by atoms with Crippen LogP contribution in [0.1, 0.15) is 71.1 Å². The molecule has 2 amide bonds. The van der Waals surface area contributed by atoms with E-state index in [1.165, 1.54) is 5.56 Å². The van der Waals surface area contributed by atoms with Crippen LogP contribution in [0.3, 0.4) is 0 Å². The van der Waals surface area contributed by atoms with Crippen molar-refractivity contribution in [2.24, 2.45) is 5.92 Å². The molecule has 1 N–H and O–H groups in total. The first kappa shape index (κ1) is 31.1. The van der Waals surface area contributed by atoms with Gasteiger partial charge in [-0.15, -0.1) is 0 Å². The lowest BCUT2D eigenvalue weighted by atomic mass is 9.98. The molecule has 1 saturated heterocycles. The average Bonchev–Trinajstić information content (AvgIpc) is 3.62. The normalized spacial score (nSPS) is 15.8. The third kappa shape index (κ3) is 7.78. The number of hydrogen-bond acceptors (Lipinski definition) is 6. The first-order chi connectivity index (χ1) is 21.5. The van der Waals surface area contributed by atoms with Gasteiger partial charge in [-0.3, -0.25) is 14.5 Å². The minimum atomic E-state index is -0.153. The van der Waals surface area contributed by atoms with Crippen molar-refractivity contribution in [3.63, 3.8) is 0 Å². The van der Waals surface area contributed by atoms with Crippen molar-refractivity contribution in [3.8, 4) is 17.6 Å². The maximum atomic E-state index is 13.8. The van der Waals surface area contributed by atoms with Gasteiger partial charge in [0.15, 0.2) is 11.5 Å². The van der Waals surface area contributed by atoms with Crippen molar-refractivity contribution in [2.75, 3.05) is 27.3 Å². The predicted molar refractivity (Wildman–Crippen MR) is 169 cm³/mol. The Hall–Kier alpha value is -4.35. The molecule has 1 aliphatic carbocycles. The molecule has 1 aliphatic heterocycles. The Balaban J connectivity index is 1.19. The molecular formula is C36H42N4O4. The number of piperidine rings is 1. The van der Waals surface area contributed by atoms with Crippen molar-refractivity contribution in [1.29, 1.82) is 5.26 Å². The van der Waals surface area contributed by atoms with Gasteiger partial charge in [-0.05, 0) is 78.8 Å². The summed E-state index contributed by atoms with van der Waals surface area (Å²) in [5.41, 5.74) is 4.41. The van der Waals surface area contributed by atoms with Crippen LogP contribution in [-0.2, 0) is 24.4 Å². The molecule has 0 unspecified atom stereocenters. The second-order valence-corrected chi connectivity index (χ2v) is 11.8. The summed E-state index contributed by atoms with van der Waals surface area (Å²) in [4.78, 5) is 31.2. The van der Waals surface area contributed by atoms with E-state index in [1.54, 1.807) is 14.2 Å². The van der Waals surface area contributed by atoms with Gasteiger partial charge in [-0.1, -0.05) is 43.2 Å². The van der Waals surface area contributed by atoms with Crippen molar-refractivity contribution in [3.05, 3.63) is 94.5 Å². The minimum absolute atomic E-state index is 0.119. The van der Waals surface area contributed by atoms with E-state index in [-0.39, 0.29) is 23.8 Å². The summed E-state index contributed by atoms with van der Waals surface area (Å²) < 4.78 is 10.7. The highest BCUT2D eigenvalue weighted by molar-refractivity contribution is 5.94.